The summed E-state index contributed by atoms with van der Waals surface area (Å²) in [4.78, 5) is 17.1. The molecule has 31 heavy (non-hydrogen) atoms. The molecule has 1 aromatic heterocycles. The van der Waals surface area contributed by atoms with Gasteiger partial charge >= 0.3 is 0 Å². The van der Waals surface area contributed by atoms with Gasteiger partial charge in [0.1, 0.15) is 5.75 Å². The first-order valence-electron chi connectivity index (χ1n) is 10.1. The van der Waals surface area contributed by atoms with Crippen molar-refractivity contribution in [3.63, 3.8) is 0 Å². The first kappa shape index (κ1) is 20.8. The summed E-state index contributed by atoms with van der Waals surface area (Å²) in [6.07, 6.45) is 0.653. The first-order chi connectivity index (χ1) is 15.1. The van der Waals surface area contributed by atoms with Crippen molar-refractivity contribution in [1.82, 2.24) is 14.7 Å². The lowest BCUT2D eigenvalue weighted by atomic mass is 10.1. The summed E-state index contributed by atoms with van der Waals surface area (Å²) < 4.78 is 10.2. The maximum atomic E-state index is 12.7. The summed E-state index contributed by atoms with van der Waals surface area (Å²) in [5.74, 6) is 1.12. The molecule has 0 spiro atoms. The van der Waals surface area contributed by atoms with E-state index in [0.717, 1.165) is 17.0 Å². The molecule has 0 bridgehead atoms. The Kier molecular flexibility index (Phi) is 6.38. The van der Waals surface area contributed by atoms with Crippen molar-refractivity contribution in [3.8, 4) is 10.9 Å². The highest BCUT2D eigenvalue weighted by Crippen LogP contribution is 2.25. The predicted octanol–water partition coefficient (Wildman–Crippen LogP) is 5.72. The van der Waals surface area contributed by atoms with E-state index < -0.39 is 0 Å². The lowest BCUT2D eigenvalue weighted by Gasteiger charge is -2.14. The average Bonchev–Trinajstić information content (AvgIpc) is 3.22. The number of carbonyl (C=O) groups excluding carboxylic acids is 1. The zero-order valence-electron chi connectivity index (χ0n) is 17.4. The van der Waals surface area contributed by atoms with Crippen molar-refractivity contribution in [2.45, 2.75) is 26.3 Å². The van der Waals surface area contributed by atoms with E-state index in [1.807, 2.05) is 37.3 Å². The summed E-state index contributed by atoms with van der Waals surface area (Å²) in [5.41, 5.74) is 3.96. The number of rotatable bonds is 7. The molecule has 0 fully saturated rings. The molecule has 0 aliphatic heterocycles. The quantitative estimate of drug-likeness (QED) is 0.408. The molecule has 4 rings (SSSR count). The molecule has 0 aliphatic rings. The molecule has 5 nitrogen and oxygen atoms in total. The number of nitrogens with zero attached hydrogens (tertiary/aromatic N) is 2. The zero-order chi connectivity index (χ0) is 21.6. The van der Waals surface area contributed by atoms with Crippen molar-refractivity contribution >= 4 is 17.4 Å². The molecule has 0 saturated heterocycles. The molecule has 1 heterocycles. The highest BCUT2D eigenvalue weighted by atomic mass is 32.1. The Morgan fingerprint density at radius 3 is 2.58 bits per heavy atom. The van der Waals surface area contributed by atoms with Gasteiger partial charge < -0.3 is 10.1 Å². The van der Waals surface area contributed by atoms with Crippen LogP contribution in [0, 0.1) is 6.92 Å². The number of ether oxygens (including phenoxy) is 1. The van der Waals surface area contributed by atoms with Crippen LogP contribution in [0.4, 0.5) is 0 Å². The van der Waals surface area contributed by atoms with Gasteiger partial charge in [-0.1, -0.05) is 66.2 Å². The molecule has 6 heteroatoms. The maximum Gasteiger partial charge on any atom is 0.298 e. The monoisotopic (exact) mass is 429 g/mol. The van der Waals surface area contributed by atoms with Gasteiger partial charge in [0.15, 0.2) is 5.82 Å². The van der Waals surface area contributed by atoms with Crippen molar-refractivity contribution in [1.29, 1.82) is 0 Å². The number of benzene rings is 3. The predicted molar refractivity (Wildman–Crippen MR) is 123 cm³/mol. The lowest BCUT2D eigenvalue weighted by molar-refractivity contribution is 0.0939. The van der Waals surface area contributed by atoms with Crippen LogP contribution in [-0.4, -0.2) is 15.3 Å². The summed E-state index contributed by atoms with van der Waals surface area (Å²) in [5, 5.41) is 3.47. The number of amides is 1. The van der Waals surface area contributed by atoms with Crippen LogP contribution in [0.15, 0.2) is 78.9 Å². The van der Waals surface area contributed by atoms with E-state index in [-0.39, 0.29) is 11.9 Å². The van der Waals surface area contributed by atoms with Gasteiger partial charge in [-0.2, -0.15) is 9.36 Å². The molecule has 0 saturated carbocycles. The lowest BCUT2D eigenvalue weighted by Crippen LogP contribution is -2.26. The molecule has 3 aromatic carbocycles. The summed E-state index contributed by atoms with van der Waals surface area (Å²) in [6.45, 7) is 4.03. The average molecular weight is 430 g/mol. The highest BCUT2D eigenvalue weighted by Gasteiger charge is 2.13. The Labute approximate surface area is 185 Å². The van der Waals surface area contributed by atoms with Gasteiger partial charge in [0, 0.05) is 23.5 Å². The van der Waals surface area contributed by atoms with Crippen molar-refractivity contribution in [2.75, 3.05) is 0 Å². The topological polar surface area (TPSA) is 64.1 Å². The molecule has 1 atom stereocenters. The molecular weight excluding hydrogens is 406 g/mol. The minimum atomic E-state index is -0.154. The van der Waals surface area contributed by atoms with E-state index in [0.29, 0.717) is 22.9 Å². The van der Waals surface area contributed by atoms with E-state index >= 15 is 0 Å². The summed E-state index contributed by atoms with van der Waals surface area (Å²) in [6, 6.07) is 25.2. The van der Waals surface area contributed by atoms with Gasteiger partial charge in [-0.25, -0.2) is 0 Å². The summed E-state index contributed by atoms with van der Waals surface area (Å²) >= 11 is 1.21. The van der Waals surface area contributed by atoms with Gasteiger partial charge in [0.25, 0.3) is 11.1 Å². The molecule has 1 N–H and O–H groups in total. The van der Waals surface area contributed by atoms with Crippen LogP contribution in [-0.2, 0) is 6.42 Å². The van der Waals surface area contributed by atoms with Gasteiger partial charge in [0.2, 0.25) is 0 Å². The third-order valence-corrected chi connectivity index (χ3v) is 5.51. The second-order valence-corrected chi connectivity index (χ2v) is 8.09. The van der Waals surface area contributed by atoms with Crippen LogP contribution in [0.2, 0.25) is 0 Å². The standard InChI is InChI=1S/C25H23N3O2S/c1-17-11-13-19(14-12-17)15-23-27-25(31-28-23)30-22-10-6-9-21(16-22)24(29)26-18(2)20-7-4-3-5-8-20/h3-14,16,18H,15H2,1-2H3,(H,26,29). The second-order valence-electron chi connectivity index (χ2n) is 7.37. The van der Waals surface area contributed by atoms with E-state index in [1.165, 1.54) is 17.1 Å². The molecule has 0 radical (unpaired) electrons. The third-order valence-electron chi connectivity index (χ3n) is 4.88. The summed E-state index contributed by atoms with van der Waals surface area (Å²) in [7, 11) is 0. The Hall–Kier alpha value is -3.51. The minimum absolute atomic E-state index is 0.0919. The third kappa shape index (κ3) is 5.55. The molecule has 156 valence electrons. The second kappa shape index (κ2) is 9.53. The Balaban J connectivity index is 1.40. The number of carbonyl (C=O) groups is 1. The molecule has 4 aromatic rings. The van der Waals surface area contributed by atoms with Crippen LogP contribution in [0.1, 0.15) is 45.8 Å². The smallest absolute Gasteiger partial charge is 0.298 e. The number of hydrogen-bond donors (Lipinski definition) is 1. The van der Waals surface area contributed by atoms with Crippen LogP contribution < -0.4 is 10.1 Å². The van der Waals surface area contributed by atoms with Gasteiger partial charge in [-0.15, -0.1) is 0 Å². The van der Waals surface area contributed by atoms with Gasteiger partial charge in [-0.3, -0.25) is 4.79 Å². The van der Waals surface area contributed by atoms with Crippen LogP contribution in [0.3, 0.4) is 0 Å². The number of aryl methyl sites for hydroxylation is 1. The molecular formula is C25H23N3O2S. The largest absolute Gasteiger partial charge is 0.430 e. The Morgan fingerprint density at radius 2 is 1.81 bits per heavy atom. The molecule has 0 aliphatic carbocycles. The fraction of sp³-hybridized carbons (Fsp3) is 0.160. The number of hydrogen-bond acceptors (Lipinski definition) is 5. The van der Waals surface area contributed by atoms with Crippen LogP contribution in [0.5, 0.6) is 10.9 Å². The first-order valence-corrected chi connectivity index (χ1v) is 10.9. The Bertz CT molecular complexity index is 1160. The zero-order valence-corrected chi connectivity index (χ0v) is 18.2. The Morgan fingerprint density at radius 1 is 1.03 bits per heavy atom. The number of nitrogens with one attached hydrogen (secondary N) is 1. The van der Waals surface area contributed by atoms with Gasteiger partial charge in [0.05, 0.1) is 6.04 Å². The minimum Gasteiger partial charge on any atom is -0.430 e. The molecule has 1 unspecified atom stereocenters. The fourth-order valence-corrected chi connectivity index (χ4v) is 3.71. The number of aromatic nitrogens is 2. The van der Waals surface area contributed by atoms with E-state index in [2.05, 4.69) is 45.9 Å². The molecule has 1 amide bonds. The van der Waals surface area contributed by atoms with Crippen molar-refractivity contribution in [3.05, 3.63) is 107 Å². The normalized spacial score (nSPS) is 11.7. The SMILES string of the molecule is Cc1ccc(Cc2nsc(Oc3cccc(C(=O)NC(C)c4ccccc4)c3)n2)cc1. The van der Waals surface area contributed by atoms with Crippen molar-refractivity contribution < 1.29 is 9.53 Å². The van der Waals surface area contributed by atoms with Crippen LogP contribution in [0.25, 0.3) is 0 Å². The van der Waals surface area contributed by atoms with Crippen molar-refractivity contribution in [2.24, 2.45) is 0 Å². The van der Waals surface area contributed by atoms with Crippen LogP contribution >= 0.6 is 11.5 Å². The van der Waals surface area contributed by atoms with Gasteiger partial charge in [-0.05, 0) is 43.2 Å². The highest BCUT2D eigenvalue weighted by molar-refractivity contribution is 7.07. The van der Waals surface area contributed by atoms with E-state index in [9.17, 15) is 4.79 Å². The van der Waals surface area contributed by atoms with E-state index in [4.69, 9.17) is 4.74 Å². The van der Waals surface area contributed by atoms with E-state index in [1.54, 1.807) is 24.3 Å². The fourth-order valence-electron chi connectivity index (χ4n) is 3.15. The maximum absolute atomic E-state index is 12.7.